The van der Waals surface area contributed by atoms with Gasteiger partial charge in [-0.15, -0.1) is 0 Å². The minimum Gasteiger partial charge on any atom is -0.490 e. The zero-order chi connectivity index (χ0) is 14.5. The molecule has 0 fully saturated rings. The molecule has 1 aromatic heterocycles. The maximum atomic E-state index is 5.41. The van der Waals surface area contributed by atoms with Crippen LogP contribution in [0.15, 0.2) is 29.6 Å². The summed E-state index contributed by atoms with van der Waals surface area (Å²) in [6.45, 7) is 4.20. The van der Waals surface area contributed by atoms with E-state index in [1.807, 2.05) is 0 Å². The van der Waals surface area contributed by atoms with E-state index < -0.39 is 0 Å². The molecule has 0 amide bonds. The number of nitrogens with two attached hydrogens (primary N) is 1. The van der Waals surface area contributed by atoms with Crippen LogP contribution in [0.1, 0.15) is 16.7 Å². The number of aromatic nitrogens is 2. The largest absolute Gasteiger partial charge is 0.490 e. The Balaban J connectivity index is 2.18. The average molecular weight is 290 g/mol. The molecule has 0 saturated carbocycles. The first kappa shape index (κ1) is 14.6. The molecule has 0 aliphatic heterocycles. The topological polar surface area (TPSA) is 73.1 Å². The first-order chi connectivity index (χ1) is 9.63. The second-order valence-corrected chi connectivity index (χ2v) is 5.45. The molecule has 3 N–H and O–H groups in total. The van der Waals surface area contributed by atoms with Crippen molar-refractivity contribution in [3.63, 3.8) is 0 Å². The van der Waals surface area contributed by atoms with Crippen LogP contribution in [0.5, 0.6) is 5.75 Å². The predicted molar refractivity (Wildman–Crippen MR) is 81.9 cm³/mol. The second kappa shape index (κ2) is 6.58. The highest BCUT2D eigenvalue weighted by molar-refractivity contribution is 7.98. The summed E-state index contributed by atoms with van der Waals surface area (Å²) < 4.78 is 5.31. The summed E-state index contributed by atoms with van der Waals surface area (Å²) >= 11 is 1.60. The van der Waals surface area contributed by atoms with Gasteiger partial charge in [-0.3, -0.25) is 0 Å². The number of ether oxygens (including phenoxy) is 1. The number of hydrogen-bond donors (Lipinski definition) is 2. The van der Waals surface area contributed by atoms with Crippen LogP contribution in [0.2, 0.25) is 0 Å². The Kier molecular flexibility index (Phi) is 4.81. The van der Waals surface area contributed by atoms with Crippen LogP contribution in [-0.2, 0) is 5.75 Å². The number of nitrogen functional groups attached to an aromatic ring is 1. The number of thioether (sulfide) groups is 1. The van der Waals surface area contributed by atoms with E-state index in [0.29, 0.717) is 11.6 Å². The maximum Gasteiger partial charge on any atom is 0.195 e. The molecule has 2 rings (SSSR count). The summed E-state index contributed by atoms with van der Waals surface area (Å²) in [7, 11) is 1.58. The molecule has 0 bridgehead atoms. The number of methoxy groups -OCH3 is 1. The number of aryl methyl sites for hydroxylation is 2. The number of nitrogens with zero attached hydrogens (tertiary/aromatic N) is 2. The molecule has 0 atom stereocenters. The van der Waals surface area contributed by atoms with Crippen LogP contribution in [0.4, 0.5) is 5.82 Å². The molecule has 0 aliphatic carbocycles. The van der Waals surface area contributed by atoms with Crippen LogP contribution in [0.3, 0.4) is 0 Å². The van der Waals surface area contributed by atoms with Crippen molar-refractivity contribution >= 4 is 17.6 Å². The standard InChI is InChI=1S/C14H18N4OS/c1-9-4-10(2)6-11(5-9)7-20-14-12(19-3)13(18-15)16-8-17-14/h4-6,8H,7,15H2,1-3H3,(H,16,17,18). The number of nitrogens with one attached hydrogen (secondary N) is 1. The fourth-order valence-corrected chi connectivity index (χ4v) is 2.95. The Bertz CT molecular complexity index is 583. The van der Waals surface area contributed by atoms with Gasteiger partial charge in [-0.05, 0) is 19.4 Å². The zero-order valence-electron chi connectivity index (χ0n) is 11.8. The molecular formula is C14H18N4OS. The summed E-state index contributed by atoms with van der Waals surface area (Å²) in [5, 5.41) is 0.773. The summed E-state index contributed by atoms with van der Waals surface area (Å²) in [4.78, 5) is 8.28. The lowest BCUT2D eigenvalue weighted by Crippen LogP contribution is -2.10. The van der Waals surface area contributed by atoms with E-state index in [9.17, 15) is 0 Å². The molecule has 1 aromatic carbocycles. The second-order valence-electron chi connectivity index (χ2n) is 4.49. The highest BCUT2D eigenvalue weighted by atomic mass is 32.2. The zero-order valence-corrected chi connectivity index (χ0v) is 12.6. The first-order valence-electron chi connectivity index (χ1n) is 6.19. The van der Waals surface area contributed by atoms with Crippen molar-refractivity contribution < 1.29 is 4.74 Å². The van der Waals surface area contributed by atoms with E-state index in [1.165, 1.54) is 23.0 Å². The highest BCUT2D eigenvalue weighted by Crippen LogP contribution is 2.33. The maximum absolute atomic E-state index is 5.41. The van der Waals surface area contributed by atoms with Crippen LogP contribution in [0, 0.1) is 13.8 Å². The summed E-state index contributed by atoms with van der Waals surface area (Å²) in [5.41, 5.74) is 6.30. The van der Waals surface area contributed by atoms with Crippen LogP contribution in [-0.4, -0.2) is 17.1 Å². The third-order valence-electron chi connectivity index (χ3n) is 2.77. The van der Waals surface area contributed by atoms with Crippen molar-refractivity contribution in [1.29, 1.82) is 0 Å². The minimum atomic E-state index is 0.491. The van der Waals surface area contributed by atoms with E-state index in [1.54, 1.807) is 18.9 Å². The normalized spacial score (nSPS) is 10.4. The van der Waals surface area contributed by atoms with Gasteiger partial charge in [0.25, 0.3) is 0 Å². The molecule has 1 heterocycles. The van der Waals surface area contributed by atoms with Crippen molar-refractivity contribution in [2.24, 2.45) is 5.84 Å². The van der Waals surface area contributed by atoms with Gasteiger partial charge in [-0.1, -0.05) is 41.1 Å². The van der Waals surface area contributed by atoms with Gasteiger partial charge in [0.15, 0.2) is 11.6 Å². The number of rotatable bonds is 5. The Morgan fingerprint density at radius 1 is 1.20 bits per heavy atom. The lowest BCUT2D eigenvalue weighted by atomic mass is 10.1. The fraction of sp³-hybridized carbons (Fsp3) is 0.286. The Morgan fingerprint density at radius 2 is 1.90 bits per heavy atom. The monoisotopic (exact) mass is 290 g/mol. The third kappa shape index (κ3) is 3.40. The highest BCUT2D eigenvalue weighted by Gasteiger charge is 2.12. The first-order valence-corrected chi connectivity index (χ1v) is 7.18. The molecule has 0 saturated heterocycles. The number of hydrazine groups is 1. The smallest absolute Gasteiger partial charge is 0.195 e. The molecule has 0 unspecified atom stereocenters. The Labute approximate surface area is 122 Å². The average Bonchev–Trinajstić information content (AvgIpc) is 2.43. The Morgan fingerprint density at radius 3 is 2.50 bits per heavy atom. The quantitative estimate of drug-likeness (QED) is 0.382. The Hall–Kier alpha value is -1.79. The molecule has 20 heavy (non-hydrogen) atoms. The predicted octanol–water partition coefficient (Wildman–Crippen LogP) is 2.68. The van der Waals surface area contributed by atoms with Crippen LogP contribution in [0.25, 0.3) is 0 Å². The van der Waals surface area contributed by atoms with Crippen molar-refractivity contribution in [3.05, 3.63) is 41.2 Å². The summed E-state index contributed by atoms with van der Waals surface area (Å²) in [5.74, 6) is 7.30. The molecule has 0 aliphatic rings. The van der Waals surface area contributed by atoms with Gasteiger partial charge in [-0.25, -0.2) is 15.8 Å². The van der Waals surface area contributed by atoms with Crippen molar-refractivity contribution in [1.82, 2.24) is 9.97 Å². The molecular weight excluding hydrogens is 272 g/mol. The number of hydrogen-bond acceptors (Lipinski definition) is 6. The van der Waals surface area contributed by atoms with Gasteiger partial charge in [0, 0.05) is 5.75 Å². The minimum absolute atomic E-state index is 0.491. The molecule has 0 spiro atoms. The lowest BCUT2D eigenvalue weighted by Gasteiger charge is -2.11. The van der Waals surface area contributed by atoms with Crippen molar-refractivity contribution in [2.45, 2.75) is 24.6 Å². The summed E-state index contributed by atoms with van der Waals surface area (Å²) in [6.07, 6.45) is 1.47. The fourth-order valence-electron chi connectivity index (χ4n) is 2.05. The van der Waals surface area contributed by atoms with E-state index >= 15 is 0 Å². The van der Waals surface area contributed by atoms with Gasteiger partial charge in [0.2, 0.25) is 0 Å². The number of anilines is 1. The van der Waals surface area contributed by atoms with Gasteiger partial charge >= 0.3 is 0 Å². The molecule has 0 radical (unpaired) electrons. The van der Waals surface area contributed by atoms with E-state index in [2.05, 4.69) is 47.4 Å². The van der Waals surface area contributed by atoms with Crippen molar-refractivity contribution in [2.75, 3.05) is 12.5 Å². The summed E-state index contributed by atoms with van der Waals surface area (Å²) in [6, 6.07) is 6.52. The van der Waals surface area contributed by atoms with Gasteiger partial charge < -0.3 is 10.2 Å². The van der Waals surface area contributed by atoms with Crippen LogP contribution < -0.4 is 16.0 Å². The SMILES string of the molecule is COc1c(NN)ncnc1SCc1cc(C)cc(C)c1. The van der Waals surface area contributed by atoms with Crippen molar-refractivity contribution in [3.8, 4) is 5.75 Å². The number of benzene rings is 1. The molecule has 6 heteroatoms. The van der Waals surface area contributed by atoms with E-state index in [4.69, 9.17) is 10.6 Å². The molecule has 5 nitrogen and oxygen atoms in total. The van der Waals surface area contributed by atoms with Gasteiger partial charge in [0.05, 0.1) is 7.11 Å². The lowest BCUT2D eigenvalue weighted by molar-refractivity contribution is 0.400. The van der Waals surface area contributed by atoms with Gasteiger partial charge in [-0.2, -0.15) is 0 Å². The molecule has 106 valence electrons. The van der Waals surface area contributed by atoms with Gasteiger partial charge in [0.1, 0.15) is 11.4 Å². The van der Waals surface area contributed by atoms with E-state index in [0.717, 1.165) is 10.8 Å². The van der Waals surface area contributed by atoms with Crippen LogP contribution >= 0.6 is 11.8 Å². The van der Waals surface area contributed by atoms with E-state index in [-0.39, 0.29) is 0 Å². The third-order valence-corrected chi connectivity index (χ3v) is 3.81. The molecule has 2 aromatic rings.